The number of aromatic nitrogens is 3. The molecule has 1 aromatic heterocycles. The van der Waals surface area contributed by atoms with Gasteiger partial charge in [-0.05, 0) is 6.42 Å². The topological polar surface area (TPSA) is 106 Å². The first-order chi connectivity index (χ1) is 7.65. The first kappa shape index (κ1) is 12.6. The minimum atomic E-state index is -0.501. The summed E-state index contributed by atoms with van der Waals surface area (Å²) in [5.74, 6) is -0.207. The Balaban J connectivity index is 2.33. The number of rotatable bonds is 6. The summed E-state index contributed by atoms with van der Waals surface area (Å²) in [6, 6.07) is 0. The Kier molecular flexibility index (Phi) is 4.87. The summed E-state index contributed by atoms with van der Waals surface area (Å²) < 4.78 is 1.41. The van der Waals surface area contributed by atoms with Gasteiger partial charge in [0.25, 0.3) is 0 Å². The first-order valence-corrected chi connectivity index (χ1v) is 5.19. The van der Waals surface area contributed by atoms with E-state index in [2.05, 4.69) is 15.6 Å². The average Bonchev–Trinajstić information content (AvgIpc) is 2.73. The minimum absolute atomic E-state index is 0.0867. The van der Waals surface area contributed by atoms with Crippen molar-refractivity contribution in [3.63, 3.8) is 0 Å². The molecule has 90 valence electrons. The van der Waals surface area contributed by atoms with Crippen LogP contribution in [0, 0.1) is 0 Å². The van der Waals surface area contributed by atoms with Gasteiger partial charge in [-0.15, -0.1) is 5.10 Å². The van der Waals surface area contributed by atoms with E-state index in [4.69, 9.17) is 5.73 Å². The lowest BCUT2D eigenvalue weighted by atomic mass is 10.3. The number of nitrogens with zero attached hydrogens (tertiary/aromatic N) is 3. The van der Waals surface area contributed by atoms with Gasteiger partial charge in [-0.3, -0.25) is 4.79 Å². The summed E-state index contributed by atoms with van der Waals surface area (Å²) in [7, 11) is 0. The molecular weight excluding hydrogens is 210 g/mol. The van der Waals surface area contributed by atoms with Gasteiger partial charge in [0.15, 0.2) is 0 Å². The second-order valence-corrected chi connectivity index (χ2v) is 3.48. The van der Waals surface area contributed by atoms with Crippen molar-refractivity contribution in [1.82, 2.24) is 20.3 Å². The zero-order valence-electron chi connectivity index (χ0n) is 9.26. The molecule has 16 heavy (non-hydrogen) atoms. The smallest absolute Gasteiger partial charge is 0.241 e. The molecule has 0 saturated carbocycles. The minimum Gasteiger partial charge on any atom is -0.391 e. The van der Waals surface area contributed by atoms with Crippen LogP contribution >= 0.6 is 0 Å². The van der Waals surface area contributed by atoms with Crippen molar-refractivity contribution in [2.24, 2.45) is 5.73 Å². The number of aliphatic hydroxyl groups is 1. The zero-order valence-corrected chi connectivity index (χ0v) is 9.26. The number of amides is 1. The van der Waals surface area contributed by atoms with E-state index in [1.165, 1.54) is 4.68 Å². The summed E-state index contributed by atoms with van der Waals surface area (Å²) in [6.07, 6.45) is 1.73. The maximum atomic E-state index is 11.4. The van der Waals surface area contributed by atoms with E-state index in [1.54, 1.807) is 6.20 Å². The molecule has 0 radical (unpaired) electrons. The lowest BCUT2D eigenvalue weighted by Gasteiger charge is -2.08. The van der Waals surface area contributed by atoms with Gasteiger partial charge in [0.05, 0.1) is 18.0 Å². The van der Waals surface area contributed by atoms with Crippen molar-refractivity contribution in [3.8, 4) is 0 Å². The average molecular weight is 227 g/mol. The third kappa shape index (κ3) is 3.95. The molecule has 7 nitrogen and oxygen atoms in total. The van der Waals surface area contributed by atoms with Crippen LogP contribution in [0.25, 0.3) is 0 Å². The molecule has 1 heterocycles. The van der Waals surface area contributed by atoms with Crippen molar-refractivity contribution in [2.75, 3.05) is 6.54 Å². The van der Waals surface area contributed by atoms with Gasteiger partial charge in [0, 0.05) is 13.1 Å². The number of nitrogens with two attached hydrogens (primary N) is 1. The largest absolute Gasteiger partial charge is 0.391 e. The molecular formula is C9H17N5O2. The Labute approximate surface area is 93.6 Å². The van der Waals surface area contributed by atoms with Gasteiger partial charge < -0.3 is 16.2 Å². The van der Waals surface area contributed by atoms with Crippen molar-refractivity contribution >= 4 is 5.91 Å². The normalized spacial score (nSPS) is 12.4. The van der Waals surface area contributed by atoms with Crippen LogP contribution in [0.15, 0.2) is 6.20 Å². The number of hydrogen-bond donors (Lipinski definition) is 3. The molecule has 0 bridgehead atoms. The van der Waals surface area contributed by atoms with Crippen LogP contribution in [0.2, 0.25) is 0 Å². The summed E-state index contributed by atoms with van der Waals surface area (Å²) >= 11 is 0. The molecule has 1 unspecified atom stereocenters. The van der Waals surface area contributed by atoms with Crippen molar-refractivity contribution in [2.45, 2.75) is 32.5 Å². The monoisotopic (exact) mass is 227 g/mol. The van der Waals surface area contributed by atoms with Crippen LogP contribution in [-0.4, -0.2) is 38.7 Å². The summed E-state index contributed by atoms with van der Waals surface area (Å²) in [5, 5.41) is 19.3. The van der Waals surface area contributed by atoms with Crippen LogP contribution in [0.3, 0.4) is 0 Å². The standard InChI is InChI=1S/C9H17N5O2/c1-2-8(15)4-11-9(16)6-14-5-7(3-10)12-13-14/h5,8,15H,2-4,6,10H2,1H3,(H,11,16). The molecule has 0 aliphatic carbocycles. The Hall–Kier alpha value is -1.47. The molecule has 0 aromatic carbocycles. The van der Waals surface area contributed by atoms with E-state index in [-0.39, 0.29) is 19.0 Å². The fraction of sp³-hybridized carbons (Fsp3) is 0.667. The number of carbonyl (C=O) groups is 1. The van der Waals surface area contributed by atoms with Crippen LogP contribution in [-0.2, 0) is 17.9 Å². The second-order valence-electron chi connectivity index (χ2n) is 3.48. The molecule has 0 aliphatic rings. The molecule has 0 aliphatic heterocycles. The lowest BCUT2D eigenvalue weighted by Crippen LogP contribution is -2.34. The van der Waals surface area contributed by atoms with Crippen LogP contribution < -0.4 is 11.1 Å². The second kappa shape index (κ2) is 6.19. The number of hydrogen-bond acceptors (Lipinski definition) is 5. The summed E-state index contributed by atoms with van der Waals surface area (Å²) in [4.78, 5) is 11.4. The number of nitrogens with one attached hydrogen (secondary N) is 1. The fourth-order valence-corrected chi connectivity index (χ4v) is 1.09. The Morgan fingerprint density at radius 1 is 1.75 bits per heavy atom. The molecule has 0 spiro atoms. The molecule has 1 amide bonds. The molecule has 1 atom stereocenters. The predicted molar refractivity (Wildman–Crippen MR) is 57.2 cm³/mol. The van der Waals surface area contributed by atoms with Crippen molar-refractivity contribution < 1.29 is 9.90 Å². The quantitative estimate of drug-likeness (QED) is 0.555. The summed E-state index contributed by atoms with van der Waals surface area (Å²) in [6.45, 7) is 2.50. The van der Waals surface area contributed by atoms with Gasteiger partial charge in [0.2, 0.25) is 5.91 Å². The third-order valence-electron chi connectivity index (χ3n) is 2.11. The highest BCUT2D eigenvalue weighted by atomic mass is 16.3. The highest BCUT2D eigenvalue weighted by molar-refractivity contribution is 5.75. The highest BCUT2D eigenvalue weighted by Crippen LogP contribution is 1.91. The number of carbonyl (C=O) groups excluding carboxylic acids is 1. The van der Waals surface area contributed by atoms with Gasteiger partial charge >= 0.3 is 0 Å². The maximum absolute atomic E-state index is 11.4. The lowest BCUT2D eigenvalue weighted by molar-refractivity contribution is -0.122. The maximum Gasteiger partial charge on any atom is 0.241 e. The van der Waals surface area contributed by atoms with E-state index in [0.717, 1.165) is 0 Å². The third-order valence-corrected chi connectivity index (χ3v) is 2.11. The van der Waals surface area contributed by atoms with E-state index >= 15 is 0 Å². The van der Waals surface area contributed by atoms with Gasteiger partial charge in [0.1, 0.15) is 6.54 Å². The van der Waals surface area contributed by atoms with Crippen molar-refractivity contribution in [1.29, 1.82) is 0 Å². The zero-order chi connectivity index (χ0) is 12.0. The fourth-order valence-electron chi connectivity index (χ4n) is 1.09. The van der Waals surface area contributed by atoms with Crippen LogP contribution in [0.1, 0.15) is 19.0 Å². The molecule has 0 fully saturated rings. The molecule has 1 aromatic rings. The Morgan fingerprint density at radius 3 is 3.06 bits per heavy atom. The van der Waals surface area contributed by atoms with Gasteiger partial charge in [-0.2, -0.15) is 0 Å². The first-order valence-electron chi connectivity index (χ1n) is 5.19. The van der Waals surface area contributed by atoms with E-state index < -0.39 is 6.10 Å². The van der Waals surface area contributed by atoms with Crippen LogP contribution in [0.4, 0.5) is 0 Å². The molecule has 1 rings (SSSR count). The molecule has 0 saturated heterocycles. The Bertz CT molecular complexity index is 338. The van der Waals surface area contributed by atoms with E-state index in [0.29, 0.717) is 18.7 Å². The van der Waals surface area contributed by atoms with E-state index in [9.17, 15) is 9.90 Å². The van der Waals surface area contributed by atoms with Gasteiger partial charge in [-0.1, -0.05) is 12.1 Å². The Morgan fingerprint density at radius 2 is 2.50 bits per heavy atom. The summed E-state index contributed by atoms with van der Waals surface area (Å²) in [5.41, 5.74) is 6.00. The highest BCUT2D eigenvalue weighted by Gasteiger charge is 2.07. The van der Waals surface area contributed by atoms with Crippen LogP contribution in [0.5, 0.6) is 0 Å². The van der Waals surface area contributed by atoms with Gasteiger partial charge in [-0.25, -0.2) is 4.68 Å². The molecule has 7 heteroatoms. The SMILES string of the molecule is CCC(O)CNC(=O)Cn1cc(CN)nn1. The number of aliphatic hydroxyl groups excluding tert-OH is 1. The molecule has 4 N–H and O–H groups in total. The van der Waals surface area contributed by atoms with E-state index in [1.807, 2.05) is 6.92 Å². The predicted octanol–water partition coefficient (Wildman–Crippen LogP) is -1.38. The van der Waals surface area contributed by atoms with Crippen molar-refractivity contribution in [3.05, 3.63) is 11.9 Å².